The molecule has 0 saturated heterocycles. The van der Waals surface area contributed by atoms with Gasteiger partial charge in [0.1, 0.15) is 0 Å². The van der Waals surface area contributed by atoms with Gasteiger partial charge in [0.25, 0.3) is 0 Å². The molecular weight excluding hydrogens is 368 g/mol. The second kappa shape index (κ2) is 8.91. The number of hydrogen-bond acceptors (Lipinski definition) is 4. The minimum atomic E-state index is 0.279. The van der Waals surface area contributed by atoms with Gasteiger partial charge in [0.05, 0.1) is 6.54 Å². The molecular formula is C18H21ClN6S. The van der Waals surface area contributed by atoms with Crippen LogP contribution in [0.4, 0.5) is 0 Å². The Morgan fingerprint density at radius 2 is 2.12 bits per heavy atom. The molecule has 2 heterocycles. The fraction of sp³-hybridized carbons (Fsp3) is 0.278. The monoisotopic (exact) mass is 388 g/mol. The number of thioether (sulfide) groups is 1. The average Bonchev–Trinajstić information content (AvgIpc) is 3.08. The Bertz CT molecular complexity index is 894. The first-order valence-electron chi connectivity index (χ1n) is 8.22. The van der Waals surface area contributed by atoms with E-state index < -0.39 is 0 Å². The highest BCUT2D eigenvalue weighted by molar-refractivity contribution is 7.98. The molecule has 0 amide bonds. The van der Waals surface area contributed by atoms with Crippen LogP contribution in [0.3, 0.4) is 0 Å². The Morgan fingerprint density at radius 1 is 1.23 bits per heavy atom. The van der Waals surface area contributed by atoms with Gasteiger partial charge in [-0.3, -0.25) is 9.39 Å². The van der Waals surface area contributed by atoms with Gasteiger partial charge in [0.2, 0.25) is 0 Å². The van der Waals surface area contributed by atoms with Crippen LogP contribution in [0.25, 0.3) is 5.65 Å². The molecule has 2 aromatic heterocycles. The lowest BCUT2D eigenvalue weighted by molar-refractivity contribution is 0.753. The van der Waals surface area contributed by atoms with Crippen molar-refractivity contribution in [2.24, 2.45) is 4.99 Å². The molecule has 1 unspecified atom stereocenters. The molecule has 3 aromatic rings. The summed E-state index contributed by atoms with van der Waals surface area (Å²) in [7, 11) is 1.75. The minimum absolute atomic E-state index is 0.279. The molecule has 1 aromatic carbocycles. The third-order valence-corrected chi connectivity index (χ3v) is 5.22. The van der Waals surface area contributed by atoms with Crippen LogP contribution in [0, 0.1) is 0 Å². The quantitative estimate of drug-likeness (QED) is 0.501. The lowest BCUT2D eigenvalue weighted by Crippen LogP contribution is -2.38. The average molecular weight is 389 g/mol. The predicted octanol–water partition coefficient (Wildman–Crippen LogP) is 3.15. The molecule has 1 atom stereocenters. The molecule has 0 bridgehead atoms. The summed E-state index contributed by atoms with van der Waals surface area (Å²) in [5.41, 5.74) is 2.02. The first kappa shape index (κ1) is 18.5. The van der Waals surface area contributed by atoms with Crippen LogP contribution in [-0.4, -0.2) is 40.4 Å². The Balaban J connectivity index is 1.59. The largest absolute Gasteiger partial charge is 0.355 e. The number of nitrogens with zero attached hydrogens (tertiary/aromatic N) is 4. The van der Waals surface area contributed by atoms with E-state index >= 15 is 0 Å². The standard InChI is InChI=1S/C18H21ClN6S/c1-20-18(21-11-15(26-2)13-6-5-7-14(19)10-13)22-12-17-24-23-16-8-3-4-9-25(16)17/h3-10,15H,11-12H2,1-2H3,(H2,20,21,22). The molecule has 2 N–H and O–H groups in total. The van der Waals surface area contributed by atoms with Crippen LogP contribution in [-0.2, 0) is 6.54 Å². The zero-order chi connectivity index (χ0) is 18.4. The summed E-state index contributed by atoms with van der Waals surface area (Å²) in [6.07, 6.45) is 4.04. The fourth-order valence-corrected chi connectivity index (χ4v) is 3.50. The molecule has 8 heteroatoms. The molecule has 26 heavy (non-hydrogen) atoms. The number of benzene rings is 1. The van der Waals surface area contributed by atoms with Gasteiger partial charge in [-0.05, 0) is 36.1 Å². The molecule has 0 aliphatic rings. The SMILES string of the molecule is CN=C(NCc1nnc2ccccn12)NCC(SC)c1cccc(Cl)c1. The minimum Gasteiger partial charge on any atom is -0.355 e. The maximum absolute atomic E-state index is 6.11. The van der Waals surface area contributed by atoms with Crippen molar-refractivity contribution in [1.29, 1.82) is 0 Å². The molecule has 3 rings (SSSR count). The van der Waals surface area contributed by atoms with Crippen molar-refractivity contribution in [1.82, 2.24) is 25.2 Å². The van der Waals surface area contributed by atoms with Crippen LogP contribution < -0.4 is 10.6 Å². The summed E-state index contributed by atoms with van der Waals surface area (Å²) in [5.74, 6) is 1.55. The smallest absolute Gasteiger partial charge is 0.191 e. The molecule has 0 radical (unpaired) electrons. The summed E-state index contributed by atoms with van der Waals surface area (Å²) in [4.78, 5) is 4.29. The molecule has 0 aliphatic heterocycles. The van der Waals surface area contributed by atoms with Gasteiger partial charge in [-0.2, -0.15) is 11.8 Å². The van der Waals surface area contributed by atoms with E-state index in [1.807, 2.05) is 47.0 Å². The predicted molar refractivity (Wildman–Crippen MR) is 109 cm³/mol. The number of nitrogens with one attached hydrogen (secondary N) is 2. The van der Waals surface area contributed by atoms with Crippen molar-refractivity contribution < 1.29 is 0 Å². The number of fused-ring (bicyclic) bond motifs is 1. The second-order valence-corrected chi connectivity index (χ2v) is 7.11. The fourth-order valence-electron chi connectivity index (χ4n) is 2.63. The van der Waals surface area contributed by atoms with Gasteiger partial charge in [-0.25, -0.2) is 0 Å². The number of pyridine rings is 1. The van der Waals surface area contributed by atoms with Crippen molar-refractivity contribution in [2.45, 2.75) is 11.8 Å². The van der Waals surface area contributed by atoms with E-state index in [9.17, 15) is 0 Å². The Kier molecular flexibility index (Phi) is 6.35. The number of guanidine groups is 1. The maximum atomic E-state index is 6.11. The van der Waals surface area contributed by atoms with Gasteiger partial charge >= 0.3 is 0 Å². The Labute approximate surface area is 162 Å². The van der Waals surface area contributed by atoms with Crippen molar-refractivity contribution in [3.63, 3.8) is 0 Å². The molecule has 6 nitrogen and oxygen atoms in total. The summed E-state index contributed by atoms with van der Waals surface area (Å²) < 4.78 is 1.96. The number of aromatic nitrogens is 3. The van der Waals surface area contributed by atoms with Crippen molar-refractivity contribution in [2.75, 3.05) is 19.8 Å². The normalized spacial score (nSPS) is 13.0. The third-order valence-electron chi connectivity index (χ3n) is 3.98. The topological polar surface area (TPSA) is 66.6 Å². The zero-order valence-corrected chi connectivity index (χ0v) is 16.3. The highest BCUT2D eigenvalue weighted by atomic mass is 35.5. The van der Waals surface area contributed by atoms with Crippen LogP contribution >= 0.6 is 23.4 Å². The van der Waals surface area contributed by atoms with Gasteiger partial charge < -0.3 is 10.6 Å². The first-order chi connectivity index (χ1) is 12.7. The molecule has 136 valence electrons. The van der Waals surface area contributed by atoms with Gasteiger partial charge in [-0.1, -0.05) is 29.8 Å². The second-order valence-electron chi connectivity index (χ2n) is 5.63. The first-order valence-corrected chi connectivity index (χ1v) is 9.89. The summed E-state index contributed by atoms with van der Waals surface area (Å²) in [5, 5.41) is 16.1. The number of halogens is 1. The van der Waals surface area contributed by atoms with Crippen LogP contribution in [0.1, 0.15) is 16.6 Å². The van der Waals surface area contributed by atoms with E-state index in [1.165, 1.54) is 5.56 Å². The van der Waals surface area contributed by atoms with Gasteiger partial charge in [0, 0.05) is 30.1 Å². The Morgan fingerprint density at radius 3 is 2.88 bits per heavy atom. The van der Waals surface area contributed by atoms with E-state index in [-0.39, 0.29) is 5.25 Å². The highest BCUT2D eigenvalue weighted by Gasteiger charge is 2.12. The van der Waals surface area contributed by atoms with Crippen LogP contribution in [0.2, 0.25) is 5.02 Å². The van der Waals surface area contributed by atoms with Crippen LogP contribution in [0.5, 0.6) is 0 Å². The van der Waals surface area contributed by atoms with Crippen molar-refractivity contribution in [3.8, 4) is 0 Å². The maximum Gasteiger partial charge on any atom is 0.191 e. The van der Waals surface area contributed by atoms with E-state index in [0.29, 0.717) is 6.54 Å². The number of rotatable bonds is 6. The van der Waals surface area contributed by atoms with E-state index in [4.69, 9.17) is 11.6 Å². The number of aliphatic imine (C=N–C) groups is 1. The van der Waals surface area contributed by atoms with E-state index in [2.05, 4.69) is 38.1 Å². The van der Waals surface area contributed by atoms with Crippen molar-refractivity contribution >= 4 is 35.0 Å². The molecule has 0 spiro atoms. The lowest BCUT2D eigenvalue weighted by atomic mass is 10.1. The van der Waals surface area contributed by atoms with Crippen molar-refractivity contribution in [3.05, 3.63) is 65.1 Å². The van der Waals surface area contributed by atoms with E-state index in [0.717, 1.165) is 29.0 Å². The van der Waals surface area contributed by atoms with Gasteiger partial charge in [0.15, 0.2) is 17.4 Å². The summed E-state index contributed by atoms with van der Waals surface area (Å²) >= 11 is 7.88. The lowest BCUT2D eigenvalue weighted by Gasteiger charge is -2.18. The molecule has 0 aliphatic carbocycles. The number of hydrogen-bond donors (Lipinski definition) is 2. The van der Waals surface area contributed by atoms with Gasteiger partial charge in [-0.15, -0.1) is 10.2 Å². The van der Waals surface area contributed by atoms with Crippen LogP contribution in [0.15, 0.2) is 53.7 Å². The summed E-state index contributed by atoms with van der Waals surface area (Å²) in [6, 6.07) is 13.8. The van der Waals surface area contributed by atoms with E-state index in [1.54, 1.807) is 18.8 Å². The third kappa shape index (κ3) is 4.47. The zero-order valence-electron chi connectivity index (χ0n) is 14.7. The molecule has 0 fully saturated rings. The Hall–Kier alpha value is -2.25. The molecule has 0 saturated carbocycles. The highest BCUT2D eigenvalue weighted by Crippen LogP contribution is 2.27. The summed E-state index contributed by atoms with van der Waals surface area (Å²) in [6.45, 7) is 1.27.